The summed E-state index contributed by atoms with van der Waals surface area (Å²) in [5, 5.41) is 6.15. The SMILES string of the molecule is COC(=O)c1c(NC(=O)c2cc3nc(C4CC4)cc(C(F)(F)F)n3n2)sc(C(N)=O)c1C. The van der Waals surface area contributed by atoms with Gasteiger partial charge in [-0.2, -0.15) is 18.3 Å². The van der Waals surface area contributed by atoms with Crippen molar-refractivity contribution in [3.05, 3.63) is 45.2 Å². The van der Waals surface area contributed by atoms with E-state index in [1.807, 2.05) is 0 Å². The van der Waals surface area contributed by atoms with Crippen LogP contribution in [0.1, 0.15) is 66.2 Å². The van der Waals surface area contributed by atoms with Gasteiger partial charge in [0.05, 0.1) is 17.6 Å². The molecule has 2 amide bonds. The van der Waals surface area contributed by atoms with Crippen LogP contribution in [-0.4, -0.2) is 39.5 Å². The second-order valence-electron chi connectivity index (χ2n) is 7.21. The zero-order valence-corrected chi connectivity index (χ0v) is 17.6. The Labute approximate surface area is 182 Å². The molecule has 3 aromatic heterocycles. The molecule has 13 heteroatoms. The highest BCUT2D eigenvalue weighted by molar-refractivity contribution is 7.18. The van der Waals surface area contributed by atoms with E-state index in [4.69, 9.17) is 10.5 Å². The molecular weight excluding hydrogens is 451 g/mol. The number of primary amides is 1. The van der Waals surface area contributed by atoms with Gasteiger partial charge in [-0.25, -0.2) is 14.3 Å². The lowest BCUT2D eigenvalue weighted by Crippen LogP contribution is -2.17. The molecule has 0 spiro atoms. The highest BCUT2D eigenvalue weighted by Crippen LogP contribution is 2.41. The van der Waals surface area contributed by atoms with Crippen molar-refractivity contribution < 1.29 is 32.3 Å². The van der Waals surface area contributed by atoms with Gasteiger partial charge in [-0.15, -0.1) is 11.3 Å². The maximum Gasteiger partial charge on any atom is 0.433 e. The van der Waals surface area contributed by atoms with Crippen molar-refractivity contribution in [2.75, 3.05) is 12.4 Å². The fraction of sp³-hybridized carbons (Fsp3) is 0.316. The monoisotopic (exact) mass is 467 g/mol. The number of aromatic nitrogens is 3. The number of esters is 1. The summed E-state index contributed by atoms with van der Waals surface area (Å²) in [6.45, 7) is 1.46. The summed E-state index contributed by atoms with van der Waals surface area (Å²) in [6, 6.07) is 2.07. The number of methoxy groups -OCH3 is 1. The van der Waals surface area contributed by atoms with Crippen molar-refractivity contribution in [1.29, 1.82) is 0 Å². The number of alkyl halides is 3. The number of nitrogens with two attached hydrogens (primary N) is 1. The van der Waals surface area contributed by atoms with Crippen molar-refractivity contribution in [3.8, 4) is 0 Å². The molecule has 0 aliphatic heterocycles. The van der Waals surface area contributed by atoms with Crippen LogP contribution in [0.25, 0.3) is 5.65 Å². The molecular formula is C19H16F3N5O4S. The lowest BCUT2D eigenvalue weighted by molar-refractivity contribution is -0.142. The zero-order valence-electron chi connectivity index (χ0n) is 16.7. The number of nitrogens with one attached hydrogen (secondary N) is 1. The molecule has 168 valence electrons. The second kappa shape index (κ2) is 7.58. The first-order valence-electron chi connectivity index (χ1n) is 9.32. The minimum absolute atomic E-state index is 0.0331. The molecule has 0 saturated heterocycles. The topological polar surface area (TPSA) is 129 Å². The Balaban J connectivity index is 1.75. The molecule has 1 saturated carbocycles. The van der Waals surface area contributed by atoms with E-state index in [1.165, 1.54) is 6.92 Å². The third kappa shape index (κ3) is 3.79. The summed E-state index contributed by atoms with van der Waals surface area (Å²) in [5.41, 5.74) is 4.23. The van der Waals surface area contributed by atoms with E-state index >= 15 is 0 Å². The number of thiophene rings is 1. The van der Waals surface area contributed by atoms with Crippen molar-refractivity contribution in [3.63, 3.8) is 0 Å². The van der Waals surface area contributed by atoms with Crippen LogP contribution in [0.4, 0.5) is 18.2 Å². The standard InChI is InChI=1S/C19H16F3N5O4S/c1-7-13(18(30)31-2)17(32-14(7)15(23)28)25-16(29)10-6-12-24-9(8-3-4-8)5-11(19(20,21)22)27(12)26-10/h5-6,8H,3-4H2,1-2H3,(H2,23,28)(H,25,29). The van der Waals surface area contributed by atoms with Gasteiger partial charge in [0.15, 0.2) is 11.3 Å². The Kier molecular flexibility index (Phi) is 5.15. The van der Waals surface area contributed by atoms with E-state index in [1.54, 1.807) is 0 Å². The number of amides is 2. The molecule has 0 radical (unpaired) electrons. The molecule has 0 atom stereocenters. The van der Waals surface area contributed by atoms with Crippen LogP contribution in [0, 0.1) is 6.92 Å². The molecule has 0 bridgehead atoms. The van der Waals surface area contributed by atoms with E-state index in [9.17, 15) is 27.6 Å². The Bertz CT molecular complexity index is 1280. The van der Waals surface area contributed by atoms with Gasteiger partial charge < -0.3 is 15.8 Å². The third-order valence-electron chi connectivity index (χ3n) is 4.95. The summed E-state index contributed by atoms with van der Waals surface area (Å²) in [7, 11) is 1.12. The first kappa shape index (κ1) is 21.7. The lowest BCUT2D eigenvalue weighted by atomic mass is 10.1. The van der Waals surface area contributed by atoms with Crippen molar-refractivity contribution in [2.45, 2.75) is 31.9 Å². The fourth-order valence-corrected chi connectivity index (χ4v) is 4.29. The van der Waals surface area contributed by atoms with Crippen LogP contribution in [0.5, 0.6) is 0 Å². The van der Waals surface area contributed by atoms with Crippen LogP contribution < -0.4 is 11.1 Å². The average Bonchev–Trinajstić information content (AvgIpc) is 3.39. The summed E-state index contributed by atoms with van der Waals surface area (Å²) in [6.07, 6.45) is -3.21. The smallest absolute Gasteiger partial charge is 0.433 e. The molecule has 32 heavy (non-hydrogen) atoms. The van der Waals surface area contributed by atoms with E-state index in [2.05, 4.69) is 15.4 Å². The summed E-state index contributed by atoms with van der Waals surface area (Å²) in [5.74, 6) is -2.56. The first-order valence-corrected chi connectivity index (χ1v) is 10.1. The van der Waals surface area contributed by atoms with Crippen LogP contribution >= 0.6 is 11.3 Å². The van der Waals surface area contributed by atoms with E-state index in [0.717, 1.165) is 43.4 Å². The van der Waals surface area contributed by atoms with E-state index in [0.29, 0.717) is 10.2 Å². The third-order valence-corrected chi connectivity index (χ3v) is 6.17. The second-order valence-corrected chi connectivity index (χ2v) is 8.23. The number of carbonyl (C=O) groups excluding carboxylic acids is 3. The van der Waals surface area contributed by atoms with Crippen LogP contribution in [0.15, 0.2) is 12.1 Å². The first-order chi connectivity index (χ1) is 15.0. The molecule has 9 nitrogen and oxygen atoms in total. The summed E-state index contributed by atoms with van der Waals surface area (Å²) >= 11 is 0.752. The summed E-state index contributed by atoms with van der Waals surface area (Å²) < 4.78 is 45.9. The van der Waals surface area contributed by atoms with Gasteiger partial charge in [0.2, 0.25) is 0 Å². The molecule has 3 heterocycles. The highest BCUT2D eigenvalue weighted by Gasteiger charge is 2.37. The number of anilines is 1. The predicted molar refractivity (Wildman–Crippen MR) is 107 cm³/mol. The highest BCUT2D eigenvalue weighted by atomic mass is 32.1. The zero-order chi connectivity index (χ0) is 23.4. The Morgan fingerprint density at radius 1 is 1.28 bits per heavy atom. The molecule has 3 aromatic rings. The van der Waals surface area contributed by atoms with E-state index in [-0.39, 0.29) is 38.3 Å². The van der Waals surface area contributed by atoms with Crippen molar-refractivity contribution in [1.82, 2.24) is 14.6 Å². The number of hydrogen-bond acceptors (Lipinski definition) is 7. The van der Waals surface area contributed by atoms with Gasteiger partial charge in [0.25, 0.3) is 11.8 Å². The molecule has 1 aliphatic rings. The minimum Gasteiger partial charge on any atom is -0.465 e. The maximum absolute atomic E-state index is 13.6. The molecule has 1 aliphatic carbocycles. The largest absolute Gasteiger partial charge is 0.465 e. The van der Waals surface area contributed by atoms with Gasteiger partial charge >= 0.3 is 12.1 Å². The fourth-order valence-electron chi connectivity index (χ4n) is 3.25. The minimum atomic E-state index is -4.70. The van der Waals surface area contributed by atoms with E-state index < -0.39 is 29.7 Å². The van der Waals surface area contributed by atoms with Gasteiger partial charge in [0, 0.05) is 17.7 Å². The number of carbonyl (C=O) groups is 3. The van der Waals surface area contributed by atoms with Gasteiger partial charge in [-0.1, -0.05) is 0 Å². The van der Waals surface area contributed by atoms with Crippen LogP contribution in [0.3, 0.4) is 0 Å². The molecule has 0 aromatic carbocycles. The van der Waals surface area contributed by atoms with Gasteiger partial charge in [-0.3, -0.25) is 9.59 Å². The average molecular weight is 467 g/mol. The molecule has 1 fully saturated rings. The van der Waals surface area contributed by atoms with Gasteiger partial charge in [-0.05, 0) is 31.4 Å². The molecule has 0 unspecified atom stereocenters. The van der Waals surface area contributed by atoms with Crippen molar-refractivity contribution in [2.24, 2.45) is 5.73 Å². The van der Waals surface area contributed by atoms with Crippen LogP contribution in [-0.2, 0) is 10.9 Å². The van der Waals surface area contributed by atoms with Crippen LogP contribution in [0.2, 0.25) is 0 Å². The quantitative estimate of drug-likeness (QED) is 0.555. The Morgan fingerprint density at radius 3 is 2.53 bits per heavy atom. The van der Waals surface area contributed by atoms with Gasteiger partial charge in [0.1, 0.15) is 10.7 Å². The maximum atomic E-state index is 13.6. The van der Waals surface area contributed by atoms with Crippen molar-refractivity contribution >= 4 is 39.8 Å². The predicted octanol–water partition coefficient (Wildman–Crippen LogP) is 3.13. The number of fused-ring (bicyclic) bond motifs is 1. The molecule has 4 rings (SSSR count). The summed E-state index contributed by atoms with van der Waals surface area (Å²) in [4.78, 5) is 40.8. The normalized spacial score (nSPS) is 13.9. The number of hydrogen-bond donors (Lipinski definition) is 2. The number of ether oxygens (including phenoxy) is 1. The number of nitrogens with zero attached hydrogens (tertiary/aromatic N) is 3. The Morgan fingerprint density at radius 2 is 1.97 bits per heavy atom. The Hall–Kier alpha value is -3.48. The number of rotatable bonds is 5. The number of halogens is 3. The molecule has 3 N–H and O–H groups in total. The lowest BCUT2D eigenvalue weighted by Gasteiger charge is -2.10.